The number of aliphatic imine (C=N–C) groups is 1. The van der Waals surface area contributed by atoms with Gasteiger partial charge in [-0.05, 0) is 36.6 Å². The normalized spacial score (nSPS) is 13.5. The quantitative estimate of drug-likeness (QED) is 0.871. The lowest BCUT2D eigenvalue weighted by Gasteiger charge is -2.14. The number of carbonyl (C=O) groups is 2. The second-order valence-electron chi connectivity index (χ2n) is 3.91. The fourth-order valence-corrected chi connectivity index (χ4v) is 1.93. The van der Waals surface area contributed by atoms with Gasteiger partial charge in [-0.2, -0.15) is 0 Å². The predicted octanol–water partition coefficient (Wildman–Crippen LogP) is 1.56. The molecule has 1 aromatic rings. The van der Waals surface area contributed by atoms with E-state index < -0.39 is 18.4 Å². The zero-order valence-corrected chi connectivity index (χ0v) is 10.2. The summed E-state index contributed by atoms with van der Waals surface area (Å²) in [5, 5.41) is 11.4. The van der Waals surface area contributed by atoms with Gasteiger partial charge in [-0.25, -0.2) is 4.99 Å². The van der Waals surface area contributed by atoms with E-state index in [2.05, 4.69) is 10.3 Å². The van der Waals surface area contributed by atoms with Crippen LogP contribution in [0.15, 0.2) is 23.2 Å². The first-order valence-electron chi connectivity index (χ1n) is 5.42. The van der Waals surface area contributed by atoms with Gasteiger partial charge < -0.3 is 10.4 Å². The van der Waals surface area contributed by atoms with Crippen molar-refractivity contribution in [1.82, 2.24) is 5.32 Å². The number of aliphatic carboxylic acids is 1. The van der Waals surface area contributed by atoms with Crippen molar-refractivity contribution in [2.45, 2.75) is 12.8 Å². The Kier molecular flexibility index (Phi) is 3.62. The Bertz CT molecular complexity index is 540. The molecule has 0 bridgehead atoms. The van der Waals surface area contributed by atoms with Crippen LogP contribution < -0.4 is 5.32 Å². The first kappa shape index (κ1) is 12.6. The van der Waals surface area contributed by atoms with Gasteiger partial charge in [0.1, 0.15) is 12.3 Å². The Hall–Kier alpha value is -1.88. The molecular formula is C12H11ClN2O3. The molecule has 0 radical (unpaired) electrons. The van der Waals surface area contributed by atoms with Crippen molar-refractivity contribution in [2.75, 3.05) is 6.54 Å². The van der Waals surface area contributed by atoms with Crippen LogP contribution >= 0.6 is 11.6 Å². The van der Waals surface area contributed by atoms with Crippen LogP contribution in [0.4, 0.5) is 5.69 Å². The number of aryl methyl sites for hydroxylation is 1. The van der Waals surface area contributed by atoms with Gasteiger partial charge in [-0.3, -0.25) is 9.59 Å². The van der Waals surface area contributed by atoms with Gasteiger partial charge in [0.25, 0.3) is 5.91 Å². The zero-order chi connectivity index (χ0) is 13.1. The summed E-state index contributed by atoms with van der Waals surface area (Å²) in [7, 11) is 0. The van der Waals surface area contributed by atoms with Gasteiger partial charge in [0, 0.05) is 5.02 Å². The topological polar surface area (TPSA) is 78.8 Å². The number of nitrogens with one attached hydrogen (secondary N) is 1. The number of nitrogens with zero attached hydrogens (tertiary/aromatic N) is 1. The highest BCUT2D eigenvalue weighted by Gasteiger charge is 2.18. The number of carbonyl (C=O) groups excluding carboxylic acids is 1. The number of benzene rings is 1. The van der Waals surface area contributed by atoms with E-state index in [-0.39, 0.29) is 0 Å². The molecule has 0 saturated heterocycles. The molecule has 1 aliphatic heterocycles. The van der Waals surface area contributed by atoms with Crippen LogP contribution in [0.25, 0.3) is 0 Å². The third kappa shape index (κ3) is 2.87. The van der Waals surface area contributed by atoms with Crippen LogP contribution in [-0.4, -0.2) is 29.2 Å². The summed E-state index contributed by atoms with van der Waals surface area (Å²) in [6.45, 7) is -0.397. The molecule has 1 aromatic carbocycles. The maximum absolute atomic E-state index is 11.6. The Balaban J connectivity index is 2.14. The monoisotopic (exact) mass is 266 g/mol. The van der Waals surface area contributed by atoms with Gasteiger partial charge in [-0.1, -0.05) is 11.6 Å². The average Bonchev–Trinajstić information content (AvgIpc) is 2.35. The van der Waals surface area contributed by atoms with Crippen molar-refractivity contribution >= 4 is 34.9 Å². The molecule has 0 spiro atoms. The number of carboxylic acids is 1. The van der Waals surface area contributed by atoms with E-state index >= 15 is 0 Å². The molecule has 2 N–H and O–H groups in total. The summed E-state index contributed by atoms with van der Waals surface area (Å²) in [6.07, 6.45) is 1.16. The van der Waals surface area contributed by atoms with Crippen molar-refractivity contribution in [3.8, 4) is 0 Å². The summed E-state index contributed by atoms with van der Waals surface area (Å²) in [5.74, 6) is -1.51. The number of carboxylic acid groups (broad SMARTS) is 1. The lowest BCUT2D eigenvalue weighted by atomic mass is 10.0. The molecule has 94 valence electrons. The molecule has 6 heteroatoms. The highest BCUT2D eigenvalue weighted by molar-refractivity contribution is 6.40. The minimum Gasteiger partial charge on any atom is -0.480 e. The third-order valence-corrected chi connectivity index (χ3v) is 2.83. The second kappa shape index (κ2) is 5.18. The Morgan fingerprint density at radius 2 is 2.17 bits per heavy atom. The van der Waals surface area contributed by atoms with E-state index in [1.54, 1.807) is 12.1 Å². The number of amides is 1. The largest absolute Gasteiger partial charge is 0.480 e. The summed E-state index contributed by atoms with van der Waals surface area (Å²) in [6, 6.07) is 5.29. The van der Waals surface area contributed by atoms with Crippen molar-refractivity contribution in [3.63, 3.8) is 0 Å². The molecule has 0 fully saturated rings. The molecule has 1 aliphatic rings. The van der Waals surface area contributed by atoms with Crippen LogP contribution in [0.2, 0.25) is 5.02 Å². The number of halogens is 1. The molecule has 18 heavy (non-hydrogen) atoms. The van der Waals surface area contributed by atoms with Crippen molar-refractivity contribution in [3.05, 3.63) is 28.8 Å². The fraction of sp³-hybridized carbons (Fsp3) is 0.250. The smallest absolute Gasteiger partial charge is 0.322 e. The van der Waals surface area contributed by atoms with Gasteiger partial charge >= 0.3 is 5.97 Å². The average molecular weight is 267 g/mol. The Labute approximate surface area is 108 Å². The minimum absolute atomic E-state index is 0.353. The van der Waals surface area contributed by atoms with E-state index in [0.29, 0.717) is 29.3 Å². The van der Waals surface area contributed by atoms with Crippen LogP contribution in [0, 0.1) is 0 Å². The molecule has 1 heterocycles. The number of hydrogen-bond donors (Lipinski definition) is 2. The number of fused-ring (bicyclic) bond motifs is 1. The van der Waals surface area contributed by atoms with Gasteiger partial charge in [0.05, 0.1) is 5.69 Å². The number of rotatable bonds is 3. The Morgan fingerprint density at radius 1 is 1.39 bits per heavy atom. The summed E-state index contributed by atoms with van der Waals surface area (Å²) in [5.41, 5.74) is 2.06. The van der Waals surface area contributed by atoms with Crippen molar-refractivity contribution < 1.29 is 14.7 Å². The summed E-state index contributed by atoms with van der Waals surface area (Å²) < 4.78 is 0. The second-order valence-corrected chi connectivity index (χ2v) is 4.34. The first-order valence-corrected chi connectivity index (χ1v) is 5.80. The van der Waals surface area contributed by atoms with Gasteiger partial charge in [-0.15, -0.1) is 0 Å². The molecule has 0 unspecified atom stereocenters. The van der Waals surface area contributed by atoms with Crippen LogP contribution in [0.1, 0.15) is 12.0 Å². The summed E-state index contributed by atoms with van der Waals surface area (Å²) in [4.78, 5) is 26.2. The summed E-state index contributed by atoms with van der Waals surface area (Å²) >= 11 is 5.87. The molecule has 2 rings (SSSR count). The molecule has 0 saturated carbocycles. The first-order chi connectivity index (χ1) is 8.56. The maximum atomic E-state index is 11.6. The van der Waals surface area contributed by atoms with Crippen LogP contribution in [0.5, 0.6) is 0 Å². The van der Waals surface area contributed by atoms with Crippen LogP contribution in [-0.2, 0) is 16.0 Å². The van der Waals surface area contributed by atoms with E-state index in [9.17, 15) is 9.59 Å². The standard InChI is InChI=1S/C12H11ClN2O3/c13-8-2-4-9-7(5-8)1-3-10(15-9)12(18)14-6-11(16)17/h2,4-5H,1,3,6H2,(H,14,18)(H,16,17). The lowest BCUT2D eigenvalue weighted by Crippen LogP contribution is -2.35. The fourth-order valence-electron chi connectivity index (χ4n) is 1.74. The van der Waals surface area contributed by atoms with Crippen molar-refractivity contribution in [2.24, 2.45) is 4.99 Å². The minimum atomic E-state index is -1.08. The zero-order valence-electron chi connectivity index (χ0n) is 9.44. The lowest BCUT2D eigenvalue weighted by molar-refractivity contribution is -0.137. The number of hydrogen-bond acceptors (Lipinski definition) is 3. The molecule has 5 nitrogen and oxygen atoms in total. The third-order valence-electron chi connectivity index (χ3n) is 2.59. The van der Waals surface area contributed by atoms with E-state index in [1.807, 2.05) is 6.07 Å². The molecule has 0 aliphatic carbocycles. The molecular weight excluding hydrogens is 256 g/mol. The molecule has 0 aromatic heterocycles. The molecule has 1 amide bonds. The SMILES string of the molecule is O=C(O)CNC(=O)C1=Nc2ccc(Cl)cc2CC1. The van der Waals surface area contributed by atoms with E-state index in [0.717, 1.165) is 5.56 Å². The Morgan fingerprint density at radius 3 is 2.89 bits per heavy atom. The van der Waals surface area contributed by atoms with Gasteiger partial charge in [0.2, 0.25) is 0 Å². The van der Waals surface area contributed by atoms with E-state index in [4.69, 9.17) is 16.7 Å². The highest BCUT2D eigenvalue weighted by Crippen LogP contribution is 2.28. The highest BCUT2D eigenvalue weighted by atomic mass is 35.5. The molecule has 0 atom stereocenters. The van der Waals surface area contributed by atoms with Gasteiger partial charge in [0.15, 0.2) is 0 Å². The predicted molar refractivity (Wildman–Crippen MR) is 67.5 cm³/mol. The van der Waals surface area contributed by atoms with Crippen LogP contribution in [0.3, 0.4) is 0 Å². The maximum Gasteiger partial charge on any atom is 0.322 e. The van der Waals surface area contributed by atoms with Crippen molar-refractivity contribution in [1.29, 1.82) is 0 Å². The van der Waals surface area contributed by atoms with E-state index in [1.165, 1.54) is 0 Å².